The molecule has 4 aromatic rings. The van der Waals surface area contributed by atoms with E-state index in [1.807, 2.05) is 0 Å². The number of hydrogen-bond acceptors (Lipinski definition) is 3. The van der Waals surface area contributed by atoms with Gasteiger partial charge in [0.25, 0.3) is 0 Å². The van der Waals surface area contributed by atoms with Gasteiger partial charge in [-0.2, -0.15) is 0 Å². The van der Waals surface area contributed by atoms with Crippen LogP contribution in [0.3, 0.4) is 0 Å². The third-order valence-corrected chi connectivity index (χ3v) is 4.82. The van der Waals surface area contributed by atoms with Gasteiger partial charge in [0.1, 0.15) is 11.6 Å². The molecule has 0 bridgehead atoms. The van der Waals surface area contributed by atoms with Crippen molar-refractivity contribution >= 4 is 22.4 Å². The number of phenols is 1. The molecule has 140 valence electrons. The van der Waals surface area contributed by atoms with Gasteiger partial charge in [-0.1, -0.05) is 23.7 Å². The average molecular weight is 398 g/mol. The number of halogens is 3. The van der Waals surface area contributed by atoms with Crippen molar-refractivity contribution in [1.29, 1.82) is 0 Å². The van der Waals surface area contributed by atoms with Crippen molar-refractivity contribution < 1.29 is 18.6 Å². The zero-order valence-corrected chi connectivity index (χ0v) is 15.5. The van der Waals surface area contributed by atoms with Gasteiger partial charge in [-0.05, 0) is 53.4 Å². The molecule has 0 aliphatic rings. The Morgan fingerprint density at radius 3 is 2.57 bits per heavy atom. The summed E-state index contributed by atoms with van der Waals surface area (Å²) in [5, 5.41) is 11.1. The molecule has 0 atom stereocenters. The summed E-state index contributed by atoms with van der Waals surface area (Å²) in [6, 6.07) is 13.7. The lowest BCUT2D eigenvalue weighted by molar-refractivity contribution is 0.416. The van der Waals surface area contributed by atoms with Crippen molar-refractivity contribution in [1.82, 2.24) is 4.98 Å². The van der Waals surface area contributed by atoms with E-state index in [1.165, 1.54) is 31.4 Å². The minimum absolute atomic E-state index is 0.373. The van der Waals surface area contributed by atoms with Gasteiger partial charge in [0.05, 0.1) is 12.8 Å². The molecule has 0 spiro atoms. The fraction of sp³-hybridized carbons (Fsp3) is 0.0455. The first-order valence-corrected chi connectivity index (χ1v) is 8.77. The predicted octanol–water partition coefficient (Wildman–Crippen LogP) is 6.21. The second kappa shape index (κ2) is 7.09. The normalized spacial score (nSPS) is 11.0. The maximum Gasteiger partial charge on any atom is 0.165 e. The van der Waals surface area contributed by atoms with E-state index in [0.717, 1.165) is 0 Å². The highest BCUT2D eigenvalue weighted by Crippen LogP contribution is 2.41. The smallest absolute Gasteiger partial charge is 0.165 e. The van der Waals surface area contributed by atoms with Gasteiger partial charge < -0.3 is 9.84 Å². The maximum atomic E-state index is 14.0. The highest BCUT2D eigenvalue weighted by Gasteiger charge is 2.17. The van der Waals surface area contributed by atoms with Crippen LogP contribution in [0.25, 0.3) is 33.2 Å². The molecule has 6 heteroatoms. The molecule has 3 nitrogen and oxygen atoms in total. The number of aromatic hydroxyl groups is 1. The Morgan fingerprint density at radius 2 is 1.82 bits per heavy atom. The largest absolute Gasteiger partial charge is 0.505 e. The van der Waals surface area contributed by atoms with Crippen LogP contribution in [-0.4, -0.2) is 17.2 Å². The van der Waals surface area contributed by atoms with Crippen LogP contribution in [0, 0.1) is 11.6 Å². The number of methoxy groups -OCH3 is 1. The molecule has 0 aliphatic carbocycles. The Hall–Kier alpha value is -3.18. The summed E-state index contributed by atoms with van der Waals surface area (Å²) in [7, 11) is 1.50. The number of pyridine rings is 1. The van der Waals surface area contributed by atoms with Crippen molar-refractivity contribution in [3.8, 4) is 33.9 Å². The number of fused-ring (bicyclic) bond motifs is 1. The summed E-state index contributed by atoms with van der Waals surface area (Å²) in [4.78, 5) is 4.37. The number of phenolic OH excluding ortho intramolecular Hbond substituents is 1. The topological polar surface area (TPSA) is 42.4 Å². The van der Waals surface area contributed by atoms with Crippen LogP contribution in [0.15, 0.2) is 60.8 Å². The van der Waals surface area contributed by atoms with Gasteiger partial charge in [-0.3, -0.25) is 4.98 Å². The summed E-state index contributed by atoms with van der Waals surface area (Å²) >= 11 is 6.48. The lowest BCUT2D eigenvalue weighted by Gasteiger charge is -2.14. The fourth-order valence-corrected chi connectivity index (χ4v) is 3.45. The highest BCUT2D eigenvalue weighted by molar-refractivity contribution is 6.33. The Labute approximate surface area is 164 Å². The Balaban J connectivity index is 1.95. The number of hydrogen-bond donors (Lipinski definition) is 1. The van der Waals surface area contributed by atoms with Crippen LogP contribution >= 0.6 is 11.6 Å². The number of ether oxygens (including phenoxy) is 1. The molecule has 0 saturated heterocycles. The predicted molar refractivity (Wildman–Crippen MR) is 106 cm³/mol. The lowest BCUT2D eigenvalue weighted by atomic mass is 9.98. The van der Waals surface area contributed by atoms with Crippen molar-refractivity contribution in [3.63, 3.8) is 0 Å². The first kappa shape index (κ1) is 18.2. The summed E-state index contributed by atoms with van der Waals surface area (Å²) in [6.45, 7) is 0. The third-order valence-electron chi connectivity index (χ3n) is 4.51. The highest BCUT2D eigenvalue weighted by atomic mass is 35.5. The molecule has 0 aliphatic heterocycles. The molecule has 28 heavy (non-hydrogen) atoms. The molecular formula is C22H14ClF2NO2. The summed E-state index contributed by atoms with van der Waals surface area (Å²) in [5.74, 6) is -1.10. The molecule has 3 aromatic carbocycles. The van der Waals surface area contributed by atoms with Crippen molar-refractivity contribution in [2.24, 2.45) is 0 Å². The van der Waals surface area contributed by atoms with Crippen LogP contribution in [0.5, 0.6) is 11.5 Å². The van der Waals surface area contributed by atoms with E-state index < -0.39 is 11.6 Å². The second-order valence-corrected chi connectivity index (χ2v) is 6.63. The SMILES string of the molecule is COc1cc(-c2cccc(F)c2)c(Cl)cc1-c1nccc2cc(O)c(F)cc12. The van der Waals surface area contributed by atoms with E-state index >= 15 is 0 Å². The van der Waals surface area contributed by atoms with Crippen LogP contribution in [0.4, 0.5) is 8.78 Å². The van der Waals surface area contributed by atoms with Crippen LogP contribution in [0.1, 0.15) is 0 Å². The van der Waals surface area contributed by atoms with Crippen molar-refractivity contribution in [2.45, 2.75) is 0 Å². The molecule has 0 amide bonds. The molecule has 4 rings (SSSR count). The number of nitrogens with zero attached hydrogens (tertiary/aromatic N) is 1. The Kier molecular flexibility index (Phi) is 4.61. The Morgan fingerprint density at radius 1 is 1.00 bits per heavy atom. The summed E-state index contributed by atoms with van der Waals surface area (Å²) in [5.41, 5.74) is 2.23. The standard InChI is InChI=1S/C22H14ClF2NO2/c1-28-21-11-15(12-3-2-4-14(24)7-12)18(23)9-17(21)22-16-10-19(25)20(27)8-13(16)5-6-26-22/h2-11,27H,1H3. The van der Waals surface area contributed by atoms with Crippen molar-refractivity contribution in [2.75, 3.05) is 7.11 Å². The molecule has 0 radical (unpaired) electrons. The van der Waals surface area contributed by atoms with E-state index in [0.29, 0.717) is 43.9 Å². The number of benzene rings is 3. The van der Waals surface area contributed by atoms with Gasteiger partial charge in [-0.25, -0.2) is 8.78 Å². The quantitative estimate of drug-likeness (QED) is 0.446. The monoisotopic (exact) mass is 397 g/mol. The molecule has 1 aromatic heterocycles. The van der Waals surface area contributed by atoms with Crippen LogP contribution in [-0.2, 0) is 0 Å². The van der Waals surface area contributed by atoms with Gasteiger partial charge in [0.2, 0.25) is 0 Å². The Bertz CT molecular complexity index is 1210. The summed E-state index contributed by atoms with van der Waals surface area (Å²) in [6.07, 6.45) is 1.56. The van der Waals surface area contributed by atoms with E-state index in [4.69, 9.17) is 16.3 Å². The van der Waals surface area contributed by atoms with Gasteiger partial charge >= 0.3 is 0 Å². The lowest BCUT2D eigenvalue weighted by Crippen LogP contribution is -1.94. The van der Waals surface area contributed by atoms with Gasteiger partial charge in [0.15, 0.2) is 11.6 Å². The first-order valence-electron chi connectivity index (χ1n) is 8.39. The number of rotatable bonds is 3. The summed E-state index contributed by atoms with van der Waals surface area (Å²) < 4.78 is 33.1. The zero-order chi connectivity index (χ0) is 19.8. The van der Waals surface area contributed by atoms with E-state index in [1.54, 1.807) is 36.5 Å². The van der Waals surface area contributed by atoms with E-state index in [9.17, 15) is 13.9 Å². The molecular weight excluding hydrogens is 384 g/mol. The fourth-order valence-electron chi connectivity index (χ4n) is 3.18. The number of aromatic nitrogens is 1. The zero-order valence-electron chi connectivity index (χ0n) is 14.7. The van der Waals surface area contributed by atoms with Gasteiger partial charge in [-0.15, -0.1) is 0 Å². The molecule has 0 fully saturated rings. The van der Waals surface area contributed by atoms with Crippen LogP contribution in [0.2, 0.25) is 5.02 Å². The minimum atomic E-state index is -0.747. The van der Waals surface area contributed by atoms with E-state index in [2.05, 4.69) is 4.98 Å². The van der Waals surface area contributed by atoms with E-state index in [-0.39, 0.29) is 5.82 Å². The maximum absolute atomic E-state index is 14.0. The second-order valence-electron chi connectivity index (χ2n) is 6.23. The van der Waals surface area contributed by atoms with Crippen LogP contribution < -0.4 is 4.74 Å². The molecule has 1 N–H and O–H groups in total. The average Bonchev–Trinajstić information content (AvgIpc) is 2.68. The minimum Gasteiger partial charge on any atom is -0.505 e. The third kappa shape index (κ3) is 3.14. The first-order chi connectivity index (χ1) is 13.5. The molecule has 0 unspecified atom stereocenters. The van der Waals surface area contributed by atoms with Crippen molar-refractivity contribution in [3.05, 3.63) is 77.5 Å². The van der Waals surface area contributed by atoms with Gasteiger partial charge in [0, 0.05) is 27.7 Å². The molecule has 1 heterocycles. The molecule has 0 saturated carbocycles.